The SMILES string of the molecule is COc1cc(C(C)=O)ccc1OCCCCN1CCC(Oc2ccccc2OC)C1.O=C(O)C(=O)O. The first-order valence-electron chi connectivity index (χ1n) is 11.5. The summed E-state index contributed by atoms with van der Waals surface area (Å²) < 4.78 is 22.7. The third-order valence-electron chi connectivity index (χ3n) is 5.47. The molecule has 0 aromatic heterocycles. The Labute approximate surface area is 210 Å². The molecule has 0 spiro atoms. The summed E-state index contributed by atoms with van der Waals surface area (Å²) in [6.45, 7) is 5.15. The third-order valence-corrected chi connectivity index (χ3v) is 5.47. The summed E-state index contributed by atoms with van der Waals surface area (Å²) in [5.74, 6) is -0.777. The number of carboxylic acids is 2. The molecule has 0 amide bonds. The number of likely N-dealkylation sites (tertiary alicyclic amines) is 1. The van der Waals surface area contributed by atoms with Crippen molar-refractivity contribution >= 4 is 17.7 Å². The predicted molar refractivity (Wildman–Crippen MR) is 131 cm³/mol. The summed E-state index contributed by atoms with van der Waals surface area (Å²) in [7, 11) is 3.25. The van der Waals surface area contributed by atoms with Crippen LogP contribution in [0.5, 0.6) is 23.0 Å². The lowest BCUT2D eigenvalue weighted by molar-refractivity contribution is -0.159. The van der Waals surface area contributed by atoms with Crippen LogP contribution in [0.4, 0.5) is 0 Å². The highest BCUT2D eigenvalue weighted by Gasteiger charge is 2.24. The van der Waals surface area contributed by atoms with Crippen molar-refractivity contribution in [1.82, 2.24) is 4.90 Å². The first-order valence-corrected chi connectivity index (χ1v) is 11.5. The van der Waals surface area contributed by atoms with Crippen molar-refractivity contribution in [2.75, 3.05) is 40.5 Å². The van der Waals surface area contributed by atoms with Crippen LogP contribution in [0.25, 0.3) is 0 Å². The van der Waals surface area contributed by atoms with Gasteiger partial charge in [0.1, 0.15) is 6.10 Å². The summed E-state index contributed by atoms with van der Waals surface area (Å²) in [6.07, 6.45) is 3.22. The molecule has 0 aliphatic carbocycles. The zero-order valence-corrected chi connectivity index (χ0v) is 20.8. The molecule has 196 valence electrons. The second-order valence-corrected chi connectivity index (χ2v) is 8.07. The van der Waals surface area contributed by atoms with Crippen molar-refractivity contribution < 1.29 is 43.5 Å². The van der Waals surface area contributed by atoms with Crippen molar-refractivity contribution in [2.45, 2.75) is 32.3 Å². The van der Waals surface area contributed by atoms with Gasteiger partial charge < -0.3 is 29.2 Å². The molecule has 1 atom stereocenters. The lowest BCUT2D eigenvalue weighted by Gasteiger charge is -2.18. The molecular formula is C26H33NO9. The van der Waals surface area contributed by atoms with Crippen LogP contribution < -0.4 is 18.9 Å². The molecule has 3 rings (SSSR count). The number of benzene rings is 2. The van der Waals surface area contributed by atoms with Gasteiger partial charge in [0.05, 0.1) is 20.8 Å². The highest BCUT2D eigenvalue weighted by Crippen LogP contribution is 2.29. The Morgan fingerprint density at radius 3 is 2.19 bits per heavy atom. The first kappa shape index (κ1) is 28.4. The number of nitrogens with zero attached hydrogens (tertiary/aromatic N) is 1. The number of rotatable bonds is 11. The van der Waals surface area contributed by atoms with E-state index in [0.29, 0.717) is 23.7 Å². The number of ether oxygens (including phenoxy) is 4. The van der Waals surface area contributed by atoms with Gasteiger partial charge in [0.25, 0.3) is 0 Å². The van der Waals surface area contributed by atoms with Gasteiger partial charge in [-0.3, -0.25) is 9.69 Å². The van der Waals surface area contributed by atoms with Crippen LogP contribution in [-0.4, -0.2) is 79.4 Å². The van der Waals surface area contributed by atoms with Crippen LogP contribution in [0.2, 0.25) is 0 Å². The van der Waals surface area contributed by atoms with Crippen molar-refractivity contribution in [3.8, 4) is 23.0 Å². The number of methoxy groups -OCH3 is 2. The molecule has 2 aromatic rings. The minimum atomic E-state index is -1.82. The molecule has 1 aliphatic rings. The number of hydrogen-bond donors (Lipinski definition) is 2. The lowest BCUT2D eigenvalue weighted by atomic mass is 10.1. The molecule has 1 fully saturated rings. The molecule has 0 bridgehead atoms. The van der Waals surface area contributed by atoms with Gasteiger partial charge in [0, 0.05) is 18.7 Å². The topological polar surface area (TPSA) is 132 Å². The normalized spacial score (nSPS) is 14.8. The summed E-state index contributed by atoms with van der Waals surface area (Å²) in [4.78, 5) is 32.1. The standard InChI is InChI=1S/C24H31NO5.C2H2O4/c1-18(26)19-10-11-22(24(16-19)28-3)29-15-7-6-13-25-14-12-20(17-25)30-23-9-5-4-8-21(23)27-2;3-1(4)2(5)6/h4-5,8-11,16,20H,6-7,12-15,17H2,1-3H3;(H,3,4)(H,5,6). The lowest BCUT2D eigenvalue weighted by Crippen LogP contribution is -2.26. The van der Waals surface area contributed by atoms with E-state index in [4.69, 9.17) is 38.7 Å². The van der Waals surface area contributed by atoms with Gasteiger partial charge in [-0.1, -0.05) is 12.1 Å². The van der Waals surface area contributed by atoms with Gasteiger partial charge in [-0.15, -0.1) is 0 Å². The van der Waals surface area contributed by atoms with Crippen molar-refractivity contribution in [2.24, 2.45) is 0 Å². The maximum Gasteiger partial charge on any atom is 0.414 e. The van der Waals surface area contributed by atoms with E-state index < -0.39 is 11.9 Å². The molecule has 1 heterocycles. The van der Waals surface area contributed by atoms with E-state index in [2.05, 4.69) is 4.90 Å². The summed E-state index contributed by atoms with van der Waals surface area (Å²) in [6, 6.07) is 13.1. The summed E-state index contributed by atoms with van der Waals surface area (Å²) >= 11 is 0. The van der Waals surface area contributed by atoms with E-state index in [-0.39, 0.29) is 11.9 Å². The van der Waals surface area contributed by atoms with E-state index in [1.54, 1.807) is 39.3 Å². The number of unbranched alkanes of at least 4 members (excludes halogenated alkanes) is 1. The fourth-order valence-electron chi connectivity index (χ4n) is 3.62. The van der Waals surface area contributed by atoms with Crippen molar-refractivity contribution in [3.05, 3.63) is 48.0 Å². The van der Waals surface area contributed by atoms with Gasteiger partial charge in [-0.25, -0.2) is 9.59 Å². The average Bonchev–Trinajstić information content (AvgIpc) is 3.31. The maximum absolute atomic E-state index is 11.5. The predicted octanol–water partition coefficient (Wildman–Crippen LogP) is 3.37. The monoisotopic (exact) mass is 503 g/mol. The quantitative estimate of drug-likeness (QED) is 0.267. The van der Waals surface area contributed by atoms with E-state index in [1.165, 1.54) is 0 Å². The summed E-state index contributed by atoms with van der Waals surface area (Å²) in [5.41, 5.74) is 0.623. The Kier molecular flexibility index (Phi) is 11.5. The zero-order valence-electron chi connectivity index (χ0n) is 20.8. The number of para-hydroxylation sites is 2. The third kappa shape index (κ3) is 9.10. The van der Waals surface area contributed by atoms with Crippen molar-refractivity contribution in [3.63, 3.8) is 0 Å². The highest BCUT2D eigenvalue weighted by molar-refractivity contribution is 6.27. The number of carbonyl (C=O) groups is 3. The van der Waals surface area contributed by atoms with Gasteiger partial charge in [-0.2, -0.15) is 0 Å². The van der Waals surface area contributed by atoms with Crippen LogP contribution in [-0.2, 0) is 9.59 Å². The number of carboxylic acid groups (broad SMARTS) is 2. The minimum Gasteiger partial charge on any atom is -0.493 e. The minimum absolute atomic E-state index is 0.0125. The second kappa shape index (κ2) is 14.6. The van der Waals surface area contributed by atoms with Gasteiger partial charge >= 0.3 is 11.9 Å². The molecule has 2 aromatic carbocycles. The summed E-state index contributed by atoms with van der Waals surface area (Å²) in [5, 5.41) is 14.8. The number of carbonyl (C=O) groups excluding carboxylic acids is 1. The molecule has 0 radical (unpaired) electrons. The van der Waals surface area contributed by atoms with Crippen LogP contribution >= 0.6 is 0 Å². The molecule has 2 N–H and O–H groups in total. The van der Waals surface area contributed by atoms with E-state index in [0.717, 1.165) is 50.4 Å². The van der Waals surface area contributed by atoms with E-state index >= 15 is 0 Å². The number of ketones is 1. The molecule has 10 heteroatoms. The highest BCUT2D eigenvalue weighted by atomic mass is 16.5. The Balaban J connectivity index is 0.000000678. The average molecular weight is 504 g/mol. The fraction of sp³-hybridized carbons (Fsp3) is 0.423. The molecular weight excluding hydrogens is 470 g/mol. The van der Waals surface area contributed by atoms with E-state index in [1.807, 2.05) is 24.3 Å². The van der Waals surface area contributed by atoms with Crippen LogP contribution in [0.1, 0.15) is 36.5 Å². The zero-order chi connectivity index (χ0) is 26.5. The smallest absolute Gasteiger partial charge is 0.414 e. The second-order valence-electron chi connectivity index (χ2n) is 8.07. The van der Waals surface area contributed by atoms with E-state index in [9.17, 15) is 4.79 Å². The van der Waals surface area contributed by atoms with Crippen LogP contribution in [0.3, 0.4) is 0 Å². The molecule has 1 aliphatic heterocycles. The Hall–Kier alpha value is -3.79. The molecule has 10 nitrogen and oxygen atoms in total. The van der Waals surface area contributed by atoms with Gasteiger partial charge in [-0.05, 0) is 63.1 Å². The largest absolute Gasteiger partial charge is 0.493 e. The van der Waals surface area contributed by atoms with Crippen LogP contribution in [0, 0.1) is 0 Å². The molecule has 0 saturated carbocycles. The first-order chi connectivity index (χ1) is 17.2. The van der Waals surface area contributed by atoms with Crippen LogP contribution in [0.15, 0.2) is 42.5 Å². The van der Waals surface area contributed by atoms with Crippen molar-refractivity contribution in [1.29, 1.82) is 0 Å². The molecule has 1 saturated heterocycles. The molecule has 1 unspecified atom stereocenters. The maximum atomic E-state index is 11.5. The Bertz CT molecular complexity index is 1010. The van der Waals surface area contributed by atoms with Gasteiger partial charge in [0.2, 0.25) is 0 Å². The Morgan fingerprint density at radius 1 is 0.917 bits per heavy atom. The fourth-order valence-corrected chi connectivity index (χ4v) is 3.62. The molecule has 36 heavy (non-hydrogen) atoms. The number of Topliss-reactive ketones (excluding diaryl/α,β-unsaturated/α-hetero) is 1. The number of aliphatic carboxylic acids is 2. The number of hydrogen-bond acceptors (Lipinski definition) is 8. The Morgan fingerprint density at radius 2 is 1.58 bits per heavy atom. The van der Waals surface area contributed by atoms with Gasteiger partial charge in [0.15, 0.2) is 28.8 Å².